The summed E-state index contributed by atoms with van der Waals surface area (Å²) in [5, 5.41) is 0. The van der Waals surface area contributed by atoms with E-state index in [9.17, 15) is 4.79 Å². The summed E-state index contributed by atoms with van der Waals surface area (Å²) < 4.78 is 15.7. The van der Waals surface area contributed by atoms with Crippen LogP contribution in [0.15, 0.2) is 0 Å². The lowest BCUT2D eigenvalue weighted by Gasteiger charge is -2.22. The van der Waals surface area contributed by atoms with Gasteiger partial charge in [-0.25, -0.2) is 4.79 Å². The highest BCUT2D eigenvalue weighted by molar-refractivity contribution is 5.70. The van der Waals surface area contributed by atoms with Gasteiger partial charge in [-0.05, 0) is 25.7 Å². The van der Waals surface area contributed by atoms with Crippen molar-refractivity contribution in [3.63, 3.8) is 0 Å². The summed E-state index contributed by atoms with van der Waals surface area (Å²) in [6.45, 7) is 3.92. The van der Waals surface area contributed by atoms with Crippen LogP contribution in [-0.2, 0) is 19.0 Å². The summed E-state index contributed by atoms with van der Waals surface area (Å²) in [4.78, 5) is 11.2. The molecule has 0 aromatic heterocycles. The van der Waals surface area contributed by atoms with Crippen LogP contribution in [0.25, 0.3) is 0 Å². The summed E-state index contributed by atoms with van der Waals surface area (Å²) in [6.07, 6.45) is 5.47. The lowest BCUT2D eigenvalue weighted by molar-refractivity contribution is -0.151. The molecule has 0 spiro atoms. The second kappa shape index (κ2) is 8.53. The van der Waals surface area contributed by atoms with Crippen molar-refractivity contribution in [1.29, 1.82) is 0 Å². The second-order valence-corrected chi connectivity index (χ2v) is 4.08. The van der Waals surface area contributed by atoms with Gasteiger partial charge in [0.05, 0.1) is 19.3 Å². The monoisotopic (exact) mass is 230 g/mol. The predicted molar refractivity (Wildman–Crippen MR) is 60.3 cm³/mol. The molecular weight excluding hydrogens is 208 g/mol. The molecule has 0 radical (unpaired) electrons. The van der Waals surface area contributed by atoms with E-state index in [-0.39, 0.29) is 18.7 Å². The molecule has 4 heteroatoms. The minimum atomic E-state index is -0.274. The van der Waals surface area contributed by atoms with E-state index in [1.165, 1.54) is 6.42 Å². The van der Waals surface area contributed by atoms with E-state index in [2.05, 4.69) is 6.92 Å². The first-order valence-electron chi connectivity index (χ1n) is 6.18. The molecule has 1 heterocycles. The first kappa shape index (κ1) is 13.5. The Kier molecular flexibility index (Phi) is 7.17. The van der Waals surface area contributed by atoms with Crippen molar-refractivity contribution in [3.05, 3.63) is 0 Å². The predicted octanol–water partition coefficient (Wildman–Crippen LogP) is 1.92. The SMILES string of the molecule is CCCCOC(=O)COCC1CCCCO1. The molecule has 16 heavy (non-hydrogen) atoms. The Bertz CT molecular complexity index is 187. The Morgan fingerprint density at radius 1 is 1.44 bits per heavy atom. The molecule has 1 aliphatic heterocycles. The number of ether oxygens (including phenoxy) is 3. The van der Waals surface area contributed by atoms with Gasteiger partial charge in [0.15, 0.2) is 0 Å². The first-order chi connectivity index (χ1) is 7.83. The Morgan fingerprint density at radius 2 is 2.31 bits per heavy atom. The van der Waals surface area contributed by atoms with Crippen LogP contribution in [0.2, 0.25) is 0 Å². The maximum Gasteiger partial charge on any atom is 0.332 e. The molecule has 0 aromatic rings. The van der Waals surface area contributed by atoms with Gasteiger partial charge in [0.2, 0.25) is 0 Å². The summed E-state index contributed by atoms with van der Waals surface area (Å²) in [7, 11) is 0. The van der Waals surface area contributed by atoms with Gasteiger partial charge in [-0.1, -0.05) is 13.3 Å². The third-order valence-electron chi connectivity index (χ3n) is 2.56. The quantitative estimate of drug-likeness (QED) is 0.495. The zero-order chi connectivity index (χ0) is 11.6. The van der Waals surface area contributed by atoms with Crippen molar-refractivity contribution in [2.24, 2.45) is 0 Å². The molecule has 0 saturated carbocycles. The number of esters is 1. The number of rotatable bonds is 7. The molecule has 0 aliphatic carbocycles. The summed E-state index contributed by atoms with van der Waals surface area (Å²) in [5.74, 6) is -0.274. The largest absolute Gasteiger partial charge is 0.464 e. The normalized spacial score (nSPS) is 20.7. The number of carbonyl (C=O) groups excluding carboxylic acids is 1. The third-order valence-corrected chi connectivity index (χ3v) is 2.56. The van der Waals surface area contributed by atoms with Gasteiger partial charge >= 0.3 is 5.97 Å². The van der Waals surface area contributed by atoms with Crippen LogP contribution in [0.4, 0.5) is 0 Å². The summed E-state index contributed by atoms with van der Waals surface area (Å²) >= 11 is 0. The Balaban J connectivity index is 1.94. The molecule has 0 aromatic carbocycles. The highest BCUT2D eigenvalue weighted by Gasteiger charge is 2.14. The van der Waals surface area contributed by atoms with E-state index in [4.69, 9.17) is 14.2 Å². The zero-order valence-electron chi connectivity index (χ0n) is 10.1. The fourth-order valence-electron chi connectivity index (χ4n) is 1.58. The fraction of sp³-hybridized carbons (Fsp3) is 0.917. The minimum absolute atomic E-state index is 0.0452. The number of hydrogen-bond donors (Lipinski definition) is 0. The van der Waals surface area contributed by atoms with Gasteiger partial charge in [-0.15, -0.1) is 0 Å². The van der Waals surface area contributed by atoms with Gasteiger partial charge in [0.25, 0.3) is 0 Å². The molecule has 0 N–H and O–H groups in total. The van der Waals surface area contributed by atoms with Gasteiger partial charge in [-0.2, -0.15) is 0 Å². The molecule has 1 unspecified atom stereocenters. The van der Waals surface area contributed by atoms with Crippen LogP contribution < -0.4 is 0 Å². The van der Waals surface area contributed by atoms with Gasteiger partial charge < -0.3 is 14.2 Å². The van der Waals surface area contributed by atoms with Crippen LogP contribution in [0, 0.1) is 0 Å². The molecule has 1 aliphatic rings. The van der Waals surface area contributed by atoms with E-state index in [0.29, 0.717) is 13.2 Å². The smallest absolute Gasteiger partial charge is 0.332 e. The van der Waals surface area contributed by atoms with Crippen molar-refractivity contribution < 1.29 is 19.0 Å². The lowest BCUT2D eigenvalue weighted by Crippen LogP contribution is -2.26. The average molecular weight is 230 g/mol. The van der Waals surface area contributed by atoms with E-state index < -0.39 is 0 Å². The van der Waals surface area contributed by atoms with E-state index >= 15 is 0 Å². The maximum absolute atomic E-state index is 11.2. The number of unbranched alkanes of at least 4 members (excludes halogenated alkanes) is 1. The first-order valence-corrected chi connectivity index (χ1v) is 6.18. The maximum atomic E-state index is 11.2. The minimum Gasteiger partial charge on any atom is -0.464 e. The van der Waals surface area contributed by atoms with Gasteiger partial charge in [0, 0.05) is 6.61 Å². The highest BCUT2D eigenvalue weighted by atomic mass is 16.6. The van der Waals surface area contributed by atoms with Crippen molar-refractivity contribution in [1.82, 2.24) is 0 Å². The van der Waals surface area contributed by atoms with E-state index in [1.807, 2.05) is 0 Å². The summed E-state index contributed by atoms with van der Waals surface area (Å²) in [6, 6.07) is 0. The van der Waals surface area contributed by atoms with Crippen molar-refractivity contribution in [2.45, 2.75) is 45.1 Å². The Labute approximate surface area is 97.2 Å². The lowest BCUT2D eigenvalue weighted by atomic mass is 10.1. The fourth-order valence-corrected chi connectivity index (χ4v) is 1.58. The van der Waals surface area contributed by atoms with Crippen LogP contribution in [0.1, 0.15) is 39.0 Å². The van der Waals surface area contributed by atoms with Crippen molar-refractivity contribution >= 4 is 5.97 Å². The molecule has 1 saturated heterocycles. The standard InChI is InChI=1S/C12H22O4/c1-2-3-7-16-12(13)10-14-9-11-6-4-5-8-15-11/h11H,2-10H2,1H3. The van der Waals surface area contributed by atoms with Crippen molar-refractivity contribution in [2.75, 3.05) is 26.4 Å². The molecule has 1 atom stereocenters. The molecule has 94 valence electrons. The van der Waals surface area contributed by atoms with E-state index in [1.54, 1.807) is 0 Å². The van der Waals surface area contributed by atoms with Crippen LogP contribution in [-0.4, -0.2) is 38.5 Å². The Morgan fingerprint density at radius 3 is 3.00 bits per heavy atom. The average Bonchev–Trinajstić information content (AvgIpc) is 2.31. The zero-order valence-corrected chi connectivity index (χ0v) is 10.1. The number of hydrogen-bond acceptors (Lipinski definition) is 4. The molecule has 1 fully saturated rings. The Hall–Kier alpha value is -0.610. The van der Waals surface area contributed by atoms with Gasteiger partial charge in [0.1, 0.15) is 6.61 Å². The van der Waals surface area contributed by atoms with Crippen LogP contribution in [0.3, 0.4) is 0 Å². The third kappa shape index (κ3) is 6.08. The molecule has 0 amide bonds. The summed E-state index contributed by atoms with van der Waals surface area (Å²) in [5.41, 5.74) is 0. The molecule has 4 nitrogen and oxygen atoms in total. The number of carbonyl (C=O) groups is 1. The van der Waals surface area contributed by atoms with Gasteiger partial charge in [-0.3, -0.25) is 0 Å². The van der Waals surface area contributed by atoms with E-state index in [0.717, 1.165) is 32.3 Å². The molecule has 0 bridgehead atoms. The van der Waals surface area contributed by atoms with Crippen LogP contribution in [0.5, 0.6) is 0 Å². The second-order valence-electron chi connectivity index (χ2n) is 4.08. The highest BCUT2D eigenvalue weighted by Crippen LogP contribution is 2.12. The molecule has 1 rings (SSSR count). The molecular formula is C12H22O4. The van der Waals surface area contributed by atoms with Crippen LogP contribution >= 0.6 is 0 Å². The topological polar surface area (TPSA) is 44.8 Å². The van der Waals surface area contributed by atoms with Crippen molar-refractivity contribution in [3.8, 4) is 0 Å².